The van der Waals surface area contributed by atoms with Crippen LogP contribution in [0, 0.1) is 0 Å². The van der Waals surface area contributed by atoms with Crippen LogP contribution in [0.2, 0.25) is 0 Å². The lowest BCUT2D eigenvalue weighted by Crippen LogP contribution is -2.25. The molecule has 0 aromatic heterocycles. The summed E-state index contributed by atoms with van der Waals surface area (Å²) in [6.07, 6.45) is 29.3. The van der Waals surface area contributed by atoms with Gasteiger partial charge in [0.15, 0.2) is 0 Å². The Kier molecular flexibility index (Phi) is 24.9. The van der Waals surface area contributed by atoms with Gasteiger partial charge in [-0.1, -0.05) is 100 Å². The van der Waals surface area contributed by atoms with Crippen LogP contribution < -0.4 is 0 Å². The van der Waals surface area contributed by atoms with Crippen LogP contribution >= 0.6 is 0 Å². The second-order valence-electron chi connectivity index (χ2n) is 8.99. The van der Waals surface area contributed by atoms with Gasteiger partial charge in [-0.05, 0) is 44.9 Å². The fourth-order valence-corrected chi connectivity index (χ4v) is 3.20. The Balaban J connectivity index is 3.69. The molecule has 6 nitrogen and oxygen atoms in total. The third-order valence-electron chi connectivity index (χ3n) is 5.34. The molecule has 6 heteroatoms. The topological polar surface area (TPSA) is 93.1 Å². The molecule has 0 radical (unpaired) electrons. The second kappa shape index (κ2) is 26.6. The maximum absolute atomic E-state index is 11.8. The minimum atomic E-state index is -0.994. The number of aliphatic hydroxyl groups excluding tert-OH is 2. The lowest BCUT2D eigenvalue weighted by atomic mass is 10.1. The van der Waals surface area contributed by atoms with E-state index >= 15 is 0 Å². The Morgan fingerprint density at radius 2 is 1.30 bits per heavy atom. The van der Waals surface area contributed by atoms with E-state index in [0.717, 1.165) is 51.4 Å². The van der Waals surface area contributed by atoms with Crippen LogP contribution in [0.25, 0.3) is 0 Å². The van der Waals surface area contributed by atoms with E-state index in [1.165, 1.54) is 6.42 Å². The quantitative estimate of drug-likeness (QED) is 0.0678. The molecule has 0 saturated heterocycles. The summed E-state index contributed by atoms with van der Waals surface area (Å²) in [6.45, 7) is 3.88. The Labute approximate surface area is 224 Å². The first-order valence-electron chi connectivity index (χ1n) is 13.9. The number of aliphatic hydroxyl groups is 2. The van der Waals surface area contributed by atoms with Crippen molar-refractivity contribution >= 4 is 11.9 Å². The fourth-order valence-electron chi connectivity index (χ4n) is 3.20. The van der Waals surface area contributed by atoms with Crippen LogP contribution in [0.15, 0.2) is 60.8 Å². The van der Waals surface area contributed by atoms with Crippen molar-refractivity contribution in [1.82, 2.24) is 0 Å². The van der Waals surface area contributed by atoms with Gasteiger partial charge in [0.05, 0.1) is 6.10 Å². The van der Waals surface area contributed by atoms with Crippen LogP contribution in [-0.2, 0) is 19.1 Å². The van der Waals surface area contributed by atoms with Gasteiger partial charge in [-0.25, -0.2) is 0 Å². The zero-order valence-corrected chi connectivity index (χ0v) is 23.1. The Bertz CT molecular complexity index is 704. The van der Waals surface area contributed by atoms with E-state index in [-0.39, 0.29) is 31.6 Å². The van der Waals surface area contributed by atoms with Gasteiger partial charge in [-0.15, -0.1) is 0 Å². The molecule has 2 N–H and O–H groups in total. The van der Waals surface area contributed by atoms with Gasteiger partial charge < -0.3 is 19.7 Å². The summed E-state index contributed by atoms with van der Waals surface area (Å²) in [5.41, 5.74) is 0. The highest BCUT2D eigenvalue weighted by atomic mass is 16.6. The van der Waals surface area contributed by atoms with Gasteiger partial charge in [0, 0.05) is 12.8 Å². The number of rotatable bonds is 23. The smallest absolute Gasteiger partial charge is 0.305 e. The van der Waals surface area contributed by atoms with Gasteiger partial charge >= 0.3 is 11.9 Å². The zero-order chi connectivity index (χ0) is 27.4. The highest BCUT2D eigenvalue weighted by Crippen LogP contribution is 2.06. The van der Waals surface area contributed by atoms with Crippen molar-refractivity contribution in [3.63, 3.8) is 0 Å². The van der Waals surface area contributed by atoms with E-state index in [0.29, 0.717) is 19.3 Å². The normalized spacial score (nSPS) is 13.9. The number of ether oxygens (including phenoxy) is 2. The molecule has 0 amide bonds. The summed E-state index contributed by atoms with van der Waals surface area (Å²) in [4.78, 5) is 23.4. The van der Waals surface area contributed by atoms with Crippen molar-refractivity contribution in [3.05, 3.63) is 60.8 Å². The number of allylic oxidation sites excluding steroid dienone is 8. The minimum absolute atomic E-state index is 0.148. The third kappa shape index (κ3) is 26.4. The number of hydrogen-bond donors (Lipinski definition) is 2. The van der Waals surface area contributed by atoms with Gasteiger partial charge in [0.2, 0.25) is 0 Å². The molecule has 0 rings (SSSR count). The molecule has 210 valence electrons. The molecule has 0 heterocycles. The molecule has 0 fully saturated rings. The van der Waals surface area contributed by atoms with E-state index in [9.17, 15) is 19.8 Å². The number of esters is 2. The Morgan fingerprint density at radius 3 is 1.97 bits per heavy atom. The van der Waals surface area contributed by atoms with Crippen molar-refractivity contribution in [2.24, 2.45) is 0 Å². The highest BCUT2D eigenvalue weighted by Gasteiger charge is 2.11. The SMILES string of the molecule is CC/C=C\C(O)C/C=C/C=C\C/C=C\C/C=C\CCCC(=O)OC[C@@H](O)COC(=O)CCCCCCC. The van der Waals surface area contributed by atoms with Crippen molar-refractivity contribution in [1.29, 1.82) is 0 Å². The summed E-state index contributed by atoms with van der Waals surface area (Å²) in [5.74, 6) is -0.678. The molecule has 0 spiro atoms. The van der Waals surface area contributed by atoms with Gasteiger partial charge in [0.25, 0.3) is 0 Å². The number of carbonyl (C=O) groups is 2. The standard InChI is InChI=1S/C31H50O6/c1-3-5-7-16-20-24-30(34)36-26-29(33)27-37-31(35)25-21-18-15-13-11-9-8-10-12-14-17-19-23-28(32)22-6-4-2/h6,8-9,12-15,17,19,22,28-29,32-33H,3-5,7,10-11,16,18,20-21,23-27H2,1-2H3/b9-8-,14-12-,15-13-,19-17+,22-6-/t28?,29-/m0/s1. The predicted molar refractivity (Wildman–Crippen MR) is 151 cm³/mol. The van der Waals surface area contributed by atoms with E-state index < -0.39 is 12.2 Å². The highest BCUT2D eigenvalue weighted by molar-refractivity contribution is 5.69. The first-order chi connectivity index (χ1) is 18.0. The molecule has 0 aliphatic rings. The molecule has 1 unspecified atom stereocenters. The summed E-state index contributed by atoms with van der Waals surface area (Å²) in [7, 11) is 0. The lowest BCUT2D eigenvalue weighted by Gasteiger charge is -2.12. The average molecular weight is 519 g/mol. The molecule has 2 atom stereocenters. The van der Waals surface area contributed by atoms with Crippen LogP contribution in [0.3, 0.4) is 0 Å². The van der Waals surface area contributed by atoms with E-state index in [1.54, 1.807) is 0 Å². The van der Waals surface area contributed by atoms with Crippen LogP contribution in [0.4, 0.5) is 0 Å². The maximum atomic E-state index is 11.8. The molecule has 0 aromatic carbocycles. The lowest BCUT2D eigenvalue weighted by molar-refractivity contribution is -0.152. The number of carbonyl (C=O) groups excluding carboxylic acids is 2. The molecular weight excluding hydrogens is 468 g/mol. The van der Waals surface area contributed by atoms with Gasteiger partial charge in [-0.2, -0.15) is 0 Å². The molecule has 0 saturated carbocycles. The molecule has 0 aliphatic carbocycles. The first kappa shape index (κ1) is 34.6. The summed E-state index contributed by atoms with van der Waals surface area (Å²) >= 11 is 0. The first-order valence-corrected chi connectivity index (χ1v) is 13.9. The van der Waals surface area contributed by atoms with Crippen molar-refractivity contribution in [3.8, 4) is 0 Å². The Morgan fingerprint density at radius 1 is 0.703 bits per heavy atom. The molecule has 0 bridgehead atoms. The zero-order valence-electron chi connectivity index (χ0n) is 23.1. The Hall–Kier alpha value is -2.44. The fraction of sp³-hybridized carbons (Fsp3) is 0.613. The summed E-state index contributed by atoms with van der Waals surface area (Å²) in [6, 6.07) is 0. The van der Waals surface area contributed by atoms with Gasteiger partial charge in [-0.3, -0.25) is 9.59 Å². The number of hydrogen-bond acceptors (Lipinski definition) is 6. The van der Waals surface area contributed by atoms with Crippen LogP contribution in [-0.4, -0.2) is 47.6 Å². The van der Waals surface area contributed by atoms with Crippen molar-refractivity contribution in [2.45, 2.75) is 110 Å². The third-order valence-corrected chi connectivity index (χ3v) is 5.34. The molecule has 0 aromatic rings. The van der Waals surface area contributed by atoms with E-state index in [1.807, 2.05) is 43.4 Å². The van der Waals surface area contributed by atoms with Crippen molar-refractivity contribution < 1.29 is 29.3 Å². The van der Waals surface area contributed by atoms with Crippen LogP contribution in [0.1, 0.15) is 97.3 Å². The summed E-state index contributed by atoms with van der Waals surface area (Å²) < 4.78 is 10.1. The second-order valence-corrected chi connectivity index (χ2v) is 8.99. The number of unbranched alkanes of at least 4 members (excludes halogenated alkanes) is 5. The molecule has 37 heavy (non-hydrogen) atoms. The van der Waals surface area contributed by atoms with Crippen molar-refractivity contribution in [2.75, 3.05) is 13.2 Å². The monoisotopic (exact) mass is 518 g/mol. The van der Waals surface area contributed by atoms with E-state index in [4.69, 9.17) is 9.47 Å². The predicted octanol–water partition coefficient (Wildman–Crippen LogP) is 6.69. The summed E-state index contributed by atoms with van der Waals surface area (Å²) in [5, 5.41) is 19.5. The van der Waals surface area contributed by atoms with E-state index in [2.05, 4.69) is 31.2 Å². The maximum Gasteiger partial charge on any atom is 0.305 e. The van der Waals surface area contributed by atoms with Gasteiger partial charge in [0.1, 0.15) is 19.3 Å². The minimum Gasteiger partial charge on any atom is -0.463 e. The molecule has 0 aliphatic heterocycles. The largest absolute Gasteiger partial charge is 0.463 e. The molecular formula is C31H50O6. The van der Waals surface area contributed by atoms with Crippen LogP contribution in [0.5, 0.6) is 0 Å². The average Bonchev–Trinajstić information content (AvgIpc) is 2.89.